The van der Waals surface area contributed by atoms with Gasteiger partial charge < -0.3 is 14.5 Å². The van der Waals surface area contributed by atoms with Crippen molar-refractivity contribution in [2.45, 2.75) is 6.42 Å². The second kappa shape index (κ2) is 4.44. The fraction of sp³-hybridized carbons (Fsp3) is 0.0769. The Balaban J connectivity index is 2.07. The van der Waals surface area contributed by atoms with Gasteiger partial charge in [-0.15, -0.1) is 0 Å². The molecule has 0 saturated carbocycles. The summed E-state index contributed by atoms with van der Waals surface area (Å²) in [6, 6.07) is 4.60. The molecule has 0 saturated heterocycles. The lowest BCUT2D eigenvalue weighted by Gasteiger charge is -1.93. The average Bonchev–Trinajstić information content (AvgIpc) is 2.99. The average molecular weight is 277 g/mol. The first-order valence-corrected chi connectivity index (χ1v) is 5.95. The van der Waals surface area contributed by atoms with Crippen LogP contribution >= 0.6 is 11.6 Å². The highest BCUT2D eigenvalue weighted by Gasteiger charge is 2.15. The molecule has 2 aromatic heterocycles. The molecular formula is C13H9ClN2O3. The van der Waals surface area contributed by atoms with Crippen LogP contribution in [0.2, 0.25) is 5.02 Å². The number of aromatic carboxylic acids is 1. The van der Waals surface area contributed by atoms with Gasteiger partial charge in [-0.3, -0.25) is 0 Å². The van der Waals surface area contributed by atoms with Gasteiger partial charge in [0.25, 0.3) is 0 Å². The van der Waals surface area contributed by atoms with E-state index >= 15 is 0 Å². The number of nitrogens with one attached hydrogen (secondary N) is 1. The number of furan rings is 1. The molecule has 2 N–H and O–H groups in total. The molecule has 0 aliphatic carbocycles. The highest BCUT2D eigenvalue weighted by Crippen LogP contribution is 2.32. The SMILES string of the molecule is O=C(O)c1ccc2oc(Cc3ncc[nH]3)c(Cl)c2c1. The van der Waals surface area contributed by atoms with E-state index in [1.807, 2.05) is 0 Å². The Morgan fingerprint density at radius 3 is 3.00 bits per heavy atom. The van der Waals surface area contributed by atoms with Crippen molar-refractivity contribution >= 4 is 28.5 Å². The molecule has 0 aliphatic rings. The molecule has 0 atom stereocenters. The molecule has 0 radical (unpaired) electrons. The monoisotopic (exact) mass is 276 g/mol. The van der Waals surface area contributed by atoms with Crippen molar-refractivity contribution < 1.29 is 14.3 Å². The van der Waals surface area contributed by atoms with Gasteiger partial charge in [0, 0.05) is 17.8 Å². The molecule has 1 aromatic carbocycles. The van der Waals surface area contributed by atoms with Gasteiger partial charge in [0.05, 0.1) is 17.0 Å². The number of imidazole rings is 1. The van der Waals surface area contributed by atoms with Crippen molar-refractivity contribution in [2.24, 2.45) is 0 Å². The summed E-state index contributed by atoms with van der Waals surface area (Å²) < 4.78 is 5.62. The van der Waals surface area contributed by atoms with Crippen LogP contribution in [0.4, 0.5) is 0 Å². The Kier molecular flexibility index (Phi) is 2.76. The van der Waals surface area contributed by atoms with Crippen molar-refractivity contribution in [3.8, 4) is 0 Å². The van der Waals surface area contributed by atoms with Crippen molar-refractivity contribution in [3.05, 3.63) is 52.8 Å². The van der Waals surface area contributed by atoms with Gasteiger partial charge in [0.15, 0.2) is 0 Å². The number of benzene rings is 1. The second-order valence-electron chi connectivity index (χ2n) is 4.07. The summed E-state index contributed by atoms with van der Waals surface area (Å²) in [5.41, 5.74) is 0.747. The fourth-order valence-electron chi connectivity index (χ4n) is 1.91. The van der Waals surface area contributed by atoms with Crippen LogP contribution in [-0.2, 0) is 6.42 Å². The number of hydrogen-bond acceptors (Lipinski definition) is 3. The molecule has 0 fully saturated rings. The van der Waals surface area contributed by atoms with E-state index in [1.54, 1.807) is 18.5 Å². The third-order valence-corrected chi connectivity index (χ3v) is 3.24. The first kappa shape index (κ1) is 11.8. The van der Waals surface area contributed by atoms with Crippen molar-refractivity contribution in [1.82, 2.24) is 9.97 Å². The Hall–Kier alpha value is -2.27. The van der Waals surface area contributed by atoms with Crippen LogP contribution in [0, 0.1) is 0 Å². The number of halogens is 1. The molecule has 0 unspecified atom stereocenters. The summed E-state index contributed by atoms with van der Waals surface area (Å²) in [4.78, 5) is 18.0. The molecule has 6 heteroatoms. The van der Waals surface area contributed by atoms with Crippen LogP contribution in [0.15, 0.2) is 35.0 Å². The van der Waals surface area contributed by atoms with Crippen LogP contribution < -0.4 is 0 Å². The number of rotatable bonds is 3. The minimum absolute atomic E-state index is 0.180. The lowest BCUT2D eigenvalue weighted by atomic mass is 10.1. The second-order valence-corrected chi connectivity index (χ2v) is 4.45. The summed E-state index contributed by atoms with van der Waals surface area (Å²) in [5, 5.41) is 9.99. The Bertz CT molecular complexity index is 747. The quantitative estimate of drug-likeness (QED) is 0.770. The zero-order valence-corrected chi connectivity index (χ0v) is 10.4. The van der Waals surface area contributed by atoms with Crippen LogP contribution in [0.3, 0.4) is 0 Å². The fourth-order valence-corrected chi connectivity index (χ4v) is 2.16. The lowest BCUT2D eigenvalue weighted by Crippen LogP contribution is -1.94. The third kappa shape index (κ3) is 2.08. The molecular weight excluding hydrogens is 268 g/mol. The number of carbonyl (C=O) groups is 1. The number of nitrogens with zero attached hydrogens (tertiary/aromatic N) is 1. The van der Waals surface area contributed by atoms with E-state index in [0.717, 1.165) is 5.82 Å². The van der Waals surface area contributed by atoms with E-state index < -0.39 is 5.97 Å². The van der Waals surface area contributed by atoms with Crippen LogP contribution in [-0.4, -0.2) is 21.0 Å². The maximum Gasteiger partial charge on any atom is 0.335 e. The molecule has 3 aromatic rings. The van der Waals surface area contributed by atoms with Gasteiger partial charge in [-0.2, -0.15) is 0 Å². The van der Waals surface area contributed by atoms with Crippen LogP contribution in [0.25, 0.3) is 11.0 Å². The number of hydrogen-bond donors (Lipinski definition) is 2. The highest BCUT2D eigenvalue weighted by atomic mass is 35.5. The zero-order chi connectivity index (χ0) is 13.4. The summed E-state index contributed by atoms with van der Waals surface area (Å²) in [7, 11) is 0. The van der Waals surface area contributed by atoms with Gasteiger partial charge >= 0.3 is 5.97 Å². The molecule has 0 bridgehead atoms. The van der Waals surface area contributed by atoms with Crippen molar-refractivity contribution in [3.63, 3.8) is 0 Å². The lowest BCUT2D eigenvalue weighted by molar-refractivity contribution is 0.0697. The Labute approximate surface area is 112 Å². The van der Waals surface area contributed by atoms with Crippen molar-refractivity contribution in [2.75, 3.05) is 0 Å². The first-order chi connectivity index (χ1) is 9.15. The van der Waals surface area contributed by atoms with E-state index in [1.165, 1.54) is 12.1 Å². The number of H-pyrrole nitrogens is 1. The van der Waals surface area contributed by atoms with E-state index in [9.17, 15) is 4.79 Å². The Morgan fingerprint density at radius 2 is 2.32 bits per heavy atom. The van der Waals surface area contributed by atoms with Gasteiger partial charge in [0.1, 0.15) is 17.2 Å². The predicted molar refractivity (Wildman–Crippen MR) is 69.6 cm³/mol. The maximum atomic E-state index is 10.9. The third-order valence-electron chi connectivity index (χ3n) is 2.82. The molecule has 5 nitrogen and oxygen atoms in total. The number of carboxylic acid groups (broad SMARTS) is 1. The largest absolute Gasteiger partial charge is 0.478 e. The van der Waals surface area contributed by atoms with E-state index in [4.69, 9.17) is 21.1 Å². The van der Waals surface area contributed by atoms with Crippen molar-refractivity contribution in [1.29, 1.82) is 0 Å². The normalized spacial score (nSPS) is 11.0. The van der Waals surface area contributed by atoms with Gasteiger partial charge in [0.2, 0.25) is 0 Å². The highest BCUT2D eigenvalue weighted by molar-refractivity contribution is 6.36. The molecule has 0 amide bonds. The summed E-state index contributed by atoms with van der Waals surface area (Å²) in [5.74, 6) is 0.306. The van der Waals surface area contributed by atoms with Gasteiger partial charge in [-0.05, 0) is 18.2 Å². The summed E-state index contributed by atoms with van der Waals surface area (Å²) >= 11 is 6.22. The maximum absolute atomic E-state index is 10.9. The summed E-state index contributed by atoms with van der Waals surface area (Å²) in [6.07, 6.45) is 3.80. The molecule has 3 rings (SSSR count). The van der Waals surface area contributed by atoms with Crippen LogP contribution in [0.5, 0.6) is 0 Å². The zero-order valence-electron chi connectivity index (χ0n) is 9.68. The smallest absolute Gasteiger partial charge is 0.335 e. The molecule has 0 aliphatic heterocycles. The summed E-state index contributed by atoms with van der Waals surface area (Å²) in [6.45, 7) is 0. The molecule has 96 valence electrons. The number of aromatic amines is 1. The number of aromatic nitrogens is 2. The minimum atomic E-state index is -0.994. The number of fused-ring (bicyclic) bond motifs is 1. The van der Waals surface area contributed by atoms with E-state index in [-0.39, 0.29) is 5.56 Å². The number of carboxylic acids is 1. The van der Waals surface area contributed by atoms with Gasteiger partial charge in [-0.25, -0.2) is 9.78 Å². The Morgan fingerprint density at radius 1 is 1.47 bits per heavy atom. The predicted octanol–water partition coefficient (Wildman–Crippen LogP) is 3.10. The van der Waals surface area contributed by atoms with E-state index in [0.29, 0.717) is 28.2 Å². The standard InChI is InChI=1S/C13H9ClN2O3/c14-12-8-5-7(13(17)18)1-2-9(8)19-10(12)6-11-15-3-4-16-11/h1-5H,6H2,(H,15,16)(H,17,18). The first-order valence-electron chi connectivity index (χ1n) is 5.57. The van der Waals surface area contributed by atoms with Crippen LogP contribution in [0.1, 0.15) is 21.9 Å². The van der Waals surface area contributed by atoms with Gasteiger partial charge in [-0.1, -0.05) is 11.6 Å². The molecule has 0 spiro atoms. The molecule has 2 heterocycles. The minimum Gasteiger partial charge on any atom is -0.478 e. The topological polar surface area (TPSA) is 79.1 Å². The van der Waals surface area contributed by atoms with E-state index in [2.05, 4.69) is 9.97 Å². The molecule has 19 heavy (non-hydrogen) atoms.